The van der Waals surface area contributed by atoms with Crippen LogP contribution >= 0.6 is 0 Å². The van der Waals surface area contributed by atoms with Crippen LogP contribution in [0, 0.1) is 0 Å². The molecule has 4 rings (SSSR count). The highest BCUT2D eigenvalue weighted by Crippen LogP contribution is 2.33. The van der Waals surface area contributed by atoms with Crippen molar-refractivity contribution >= 4 is 23.6 Å². The van der Waals surface area contributed by atoms with E-state index in [1.165, 1.54) is 49.8 Å². The van der Waals surface area contributed by atoms with Crippen molar-refractivity contribution in [1.29, 1.82) is 0 Å². The van der Waals surface area contributed by atoms with Crippen molar-refractivity contribution < 1.29 is 28.3 Å². The number of aliphatic carboxylic acids is 1. The van der Waals surface area contributed by atoms with Gasteiger partial charge in [0.15, 0.2) is 0 Å². The van der Waals surface area contributed by atoms with Crippen LogP contribution in [0.2, 0.25) is 0 Å². The van der Waals surface area contributed by atoms with Crippen molar-refractivity contribution in [2.45, 2.75) is 57.0 Å². The maximum absolute atomic E-state index is 13.3. The molecule has 210 valence electrons. The topological polar surface area (TPSA) is 98.7 Å². The molecule has 1 aliphatic carbocycles. The Bertz CT molecular complexity index is 1290. The fourth-order valence-corrected chi connectivity index (χ4v) is 4.82. The second kappa shape index (κ2) is 13.2. The van der Waals surface area contributed by atoms with Crippen LogP contribution in [0.25, 0.3) is 0 Å². The van der Waals surface area contributed by atoms with Crippen molar-refractivity contribution in [2.24, 2.45) is 0 Å². The van der Waals surface area contributed by atoms with E-state index in [-0.39, 0.29) is 18.1 Å². The Kier molecular flexibility index (Phi) is 9.47. The lowest BCUT2D eigenvalue weighted by Crippen LogP contribution is -2.42. The van der Waals surface area contributed by atoms with Gasteiger partial charge in [-0.25, -0.2) is 9.59 Å². The van der Waals surface area contributed by atoms with E-state index in [0.29, 0.717) is 12.5 Å². The molecule has 1 fully saturated rings. The Morgan fingerprint density at radius 2 is 1.48 bits per heavy atom. The minimum absolute atomic E-state index is 0.0989. The third-order valence-electron chi connectivity index (χ3n) is 7.15. The monoisotopic (exact) mass is 549 g/mol. The first-order valence-electron chi connectivity index (χ1n) is 13.4. The van der Waals surface area contributed by atoms with Crippen LogP contribution in [0.5, 0.6) is 0 Å². The molecule has 0 aliphatic heterocycles. The van der Waals surface area contributed by atoms with Gasteiger partial charge >= 0.3 is 17.9 Å². The number of urea groups is 1. The number of carbonyl (C=O) groups is 3. The summed E-state index contributed by atoms with van der Waals surface area (Å²) in [6, 6.07) is 23.6. The van der Waals surface area contributed by atoms with Crippen LogP contribution in [0.3, 0.4) is 0 Å². The molecule has 7 nitrogen and oxygen atoms in total. The van der Waals surface area contributed by atoms with Crippen LogP contribution in [0.1, 0.15) is 65.1 Å². The summed E-state index contributed by atoms with van der Waals surface area (Å²) in [6.45, 7) is -0.742. The zero-order valence-corrected chi connectivity index (χ0v) is 22.1. The van der Waals surface area contributed by atoms with E-state index in [9.17, 15) is 23.2 Å². The molecule has 3 aromatic rings. The van der Waals surface area contributed by atoms with Crippen LogP contribution in [-0.4, -0.2) is 35.5 Å². The van der Waals surface area contributed by atoms with Gasteiger partial charge in [0, 0.05) is 17.8 Å². The fourth-order valence-electron chi connectivity index (χ4n) is 4.82. The molecular weight excluding hydrogens is 516 g/mol. The van der Waals surface area contributed by atoms with Gasteiger partial charge < -0.3 is 15.7 Å². The van der Waals surface area contributed by atoms with E-state index in [0.717, 1.165) is 16.8 Å². The summed E-state index contributed by atoms with van der Waals surface area (Å²) in [6.07, 6.45) is 6.09. The van der Waals surface area contributed by atoms with E-state index < -0.39 is 24.3 Å². The largest absolute Gasteiger partial charge is 0.477 e. The summed E-state index contributed by atoms with van der Waals surface area (Å²) in [7, 11) is 0. The molecule has 0 bridgehead atoms. The maximum Gasteiger partial charge on any atom is 0.376 e. The molecule has 3 aromatic carbocycles. The molecule has 1 aliphatic rings. The van der Waals surface area contributed by atoms with Crippen LogP contribution in [-0.2, 0) is 17.9 Å². The Labute approximate surface area is 232 Å². The number of hydrogen-bond acceptors (Lipinski definition) is 3. The first-order chi connectivity index (χ1) is 19.2. The number of alkyl halides is 2. The molecule has 0 heterocycles. The zero-order valence-electron chi connectivity index (χ0n) is 22.1. The minimum atomic E-state index is -4.06. The quantitative estimate of drug-likeness (QED) is 0.285. The van der Waals surface area contributed by atoms with Gasteiger partial charge in [-0.2, -0.15) is 8.78 Å². The first kappa shape index (κ1) is 28.7. The average molecular weight is 550 g/mol. The predicted molar refractivity (Wildman–Crippen MR) is 148 cm³/mol. The molecule has 40 heavy (non-hydrogen) atoms. The van der Waals surface area contributed by atoms with E-state index in [2.05, 4.69) is 17.4 Å². The van der Waals surface area contributed by atoms with Gasteiger partial charge in [-0.15, -0.1) is 0 Å². The minimum Gasteiger partial charge on any atom is -0.477 e. The van der Waals surface area contributed by atoms with Crippen molar-refractivity contribution in [2.75, 3.05) is 11.4 Å². The van der Waals surface area contributed by atoms with Crippen LogP contribution in [0.15, 0.2) is 78.9 Å². The number of anilines is 1. The van der Waals surface area contributed by atoms with Gasteiger partial charge in [0.1, 0.15) is 0 Å². The molecule has 3 N–H and O–H groups in total. The van der Waals surface area contributed by atoms with Crippen LogP contribution < -0.4 is 15.5 Å². The van der Waals surface area contributed by atoms with Gasteiger partial charge in [0.05, 0.1) is 13.1 Å². The SMILES string of the molecule is O=C(NCC(F)(F)C(=O)O)c1ccc(CN(C(=O)NCc2ccccc2)c2ccc(C3CCCCC3)cc2)cc1. The summed E-state index contributed by atoms with van der Waals surface area (Å²) in [5.74, 6) is -6.64. The number of nitrogens with one attached hydrogen (secondary N) is 2. The summed E-state index contributed by atoms with van der Waals surface area (Å²) in [5.41, 5.74) is 3.78. The average Bonchev–Trinajstić information content (AvgIpc) is 2.99. The van der Waals surface area contributed by atoms with E-state index in [4.69, 9.17) is 5.11 Å². The summed E-state index contributed by atoms with van der Waals surface area (Å²) >= 11 is 0. The van der Waals surface area contributed by atoms with Crippen molar-refractivity contribution in [3.8, 4) is 0 Å². The molecular formula is C31H33F2N3O4. The van der Waals surface area contributed by atoms with Crippen molar-refractivity contribution in [3.05, 3.63) is 101 Å². The Balaban J connectivity index is 1.47. The first-order valence-corrected chi connectivity index (χ1v) is 13.4. The number of nitrogens with zero attached hydrogens (tertiary/aromatic N) is 1. The Morgan fingerprint density at radius 3 is 2.10 bits per heavy atom. The molecule has 3 amide bonds. The second-order valence-corrected chi connectivity index (χ2v) is 10.0. The highest BCUT2D eigenvalue weighted by Gasteiger charge is 2.39. The molecule has 0 atom stereocenters. The lowest BCUT2D eigenvalue weighted by Gasteiger charge is -2.26. The van der Waals surface area contributed by atoms with Gasteiger partial charge in [-0.05, 0) is 59.7 Å². The van der Waals surface area contributed by atoms with Crippen LogP contribution in [0.4, 0.5) is 19.3 Å². The third kappa shape index (κ3) is 7.65. The van der Waals surface area contributed by atoms with Gasteiger partial charge in [0.25, 0.3) is 5.91 Å². The molecule has 0 unspecified atom stereocenters. The Hall–Kier alpha value is -4.27. The highest BCUT2D eigenvalue weighted by molar-refractivity contribution is 5.95. The lowest BCUT2D eigenvalue weighted by atomic mass is 9.84. The number of rotatable bonds is 10. The van der Waals surface area contributed by atoms with E-state index >= 15 is 0 Å². The number of carboxylic acid groups (broad SMARTS) is 1. The number of carboxylic acids is 1. The van der Waals surface area contributed by atoms with E-state index in [1.54, 1.807) is 17.0 Å². The molecule has 0 spiro atoms. The normalized spacial score (nSPS) is 13.8. The number of benzene rings is 3. The zero-order chi connectivity index (χ0) is 28.5. The maximum atomic E-state index is 13.3. The van der Waals surface area contributed by atoms with E-state index in [1.807, 2.05) is 47.8 Å². The standard InChI is InChI=1S/C31H33F2N3O4/c32-31(33,29(38)39)21-35-28(37)26-13-11-23(12-14-26)20-36(30(40)34-19-22-7-3-1-4-8-22)27-17-15-25(16-18-27)24-9-5-2-6-10-24/h1,3-4,7-8,11-18,24H,2,5-6,9-10,19-21H2,(H,34,40)(H,35,37)(H,38,39). The van der Waals surface area contributed by atoms with Crippen molar-refractivity contribution in [1.82, 2.24) is 10.6 Å². The van der Waals surface area contributed by atoms with Gasteiger partial charge in [0.2, 0.25) is 0 Å². The number of hydrogen-bond donors (Lipinski definition) is 3. The summed E-state index contributed by atoms with van der Waals surface area (Å²) in [4.78, 5) is 37.8. The van der Waals surface area contributed by atoms with Crippen molar-refractivity contribution in [3.63, 3.8) is 0 Å². The molecule has 0 aromatic heterocycles. The van der Waals surface area contributed by atoms with Gasteiger partial charge in [-0.1, -0.05) is 73.9 Å². The number of halogens is 2. The fraction of sp³-hybridized carbons (Fsp3) is 0.323. The van der Waals surface area contributed by atoms with Gasteiger partial charge in [-0.3, -0.25) is 9.69 Å². The Morgan fingerprint density at radius 1 is 0.825 bits per heavy atom. The highest BCUT2D eigenvalue weighted by atomic mass is 19.3. The summed E-state index contributed by atoms with van der Waals surface area (Å²) < 4.78 is 26.6. The number of amides is 3. The second-order valence-electron chi connectivity index (χ2n) is 10.0. The lowest BCUT2D eigenvalue weighted by molar-refractivity contribution is -0.163. The summed E-state index contributed by atoms with van der Waals surface area (Å²) in [5, 5.41) is 13.4. The smallest absolute Gasteiger partial charge is 0.376 e. The number of carbonyl (C=O) groups excluding carboxylic acids is 2. The molecule has 1 saturated carbocycles. The molecule has 0 saturated heterocycles. The molecule has 9 heteroatoms. The molecule has 0 radical (unpaired) electrons. The third-order valence-corrected chi connectivity index (χ3v) is 7.15. The predicted octanol–water partition coefficient (Wildman–Crippen LogP) is 6.10.